The van der Waals surface area contributed by atoms with Crippen LogP contribution in [0.2, 0.25) is 18.1 Å². The van der Waals surface area contributed by atoms with Gasteiger partial charge in [-0.2, -0.15) is 0 Å². The summed E-state index contributed by atoms with van der Waals surface area (Å²) < 4.78 is 11.3. The van der Waals surface area contributed by atoms with Crippen molar-refractivity contribution in [2.24, 2.45) is 0 Å². The lowest BCUT2D eigenvalue weighted by atomic mass is 10.1. The Hall–Kier alpha value is -0.583. The van der Waals surface area contributed by atoms with Crippen molar-refractivity contribution in [2.75, 3.05) is 0 Å². The third kappa shape index (κ3) is 3.46. The van der Waals surface area contributed by atoms with Crippen LogP contribution in [0.1, 0.15) is 51.3 Å². The van der Waals surface area contributed by atoms with E-state index in [4.69, 9.17) is 8.84 Å². The van der Waals surface area contributed by atoms with Gasteiger partial charge in [0.15, 0.2) is 8.32 Å². The molecule has 0 spiro atoms. The highest BCUT2D eigenvalue weighted by molar-refractivity contribution is 6.74. The van der Waals surface area contributed by atoms with Gasteiger partial charge >= 0.3 is 0 Å². The summed E-state index contributed by atoms with van der Waals surface area (Å²) in [6.45, 7) is 13.6. The van der Waals surface area contributed by atoms with Crippen molar-refractivity contribution in [3.8, 4) is 0 Å². The van der Waals surface area contributed by atoms with Crippen LogP contribution in [0.4, 0.5) is 0 Å². The maximum absolute atomic E-state index is 9.88. The Labute approximate surface area is 111 Å². The minimum atomic E-state index is -1.75. The van der Waals surface area contributed by atoms with Crippen molar-refractivity contribution in [1.82, 2.24) is 0 Å². The highest BCUT2D eigenvalue weighted by Gasteiger charge is 2.37. The van der Waals surface area contributed by atoms with Crippen LogP contribution in [0.3, 0.4) is 0 Å². The molecule has 0 bridgehead atoms. The number of aliphatic hydroxyl groups is 1. The first-order valence-corrected chi connectivity index (χ1v) is 9.47. The smallest absolute Gasteiger partial charge is 0.192 e. The van der Waals surface area contributed by atoms with Crippen molar-refractivity contribution in [3.63, 3.8) is 0 Å². The van der Waals surface area contributed by atoms with Crippen LogP contribution in [-0.2, 0) is 11.0 Å². The predicted octanol–water partition coefficient (Wildman–Crippen LogP) is 4.24. The molecule has 0 amide bonds. The van der Waals surface area contributed by atoms with Crippen LogP contribution in [0.5, 0.6) is 0 Å². The van der Waals surface area contributed by atoms with E-state index in [1.165, 1.54) is 0 Å². The van der Waals surface area contributed by atoms with Gasteiger partial charge in [0.2, 0.25) is 0 Å². The van der Waals surface area contributed by atoms with Crippen LogP contribution in [-0.4, -0.2) is 13.4 Å². The van der Waals surface area contributed by atoms with Gasteiger partial charge in [0.25, 0.3) is 0 Å². The molecule has 0 radical (unpaired) electrons. The number of aliphatic hydroxyl groups excluding tert-OH is 1. The second kappa shape index (κ2) is 5.59. The van der Waals surface area contributed by atoms with Gasteiger partial charge in [-0.25, -0.2) is 0 Å². The molecule has 0 saturated heterocycles. The first kappa shape index (κ1) is 15.5. The Balaban J connectivity index is 2.73. The van der Waals surface area contributed by atoms with Gasteiger partial charge in [0.05, 0.1) is 25.2 Å². The van der Waals surface area contributed by atoms with Gasteiger partial charge in [-0.1, -0.05) is 27.7 Å². The Morgan fingerprint density at radius 3 is 2.44 bits per heavy atom. The summed E-state index contributed by atoms with van der Waals surface area (Å²) >= 11 is 0. The van der Waals surface area contributed by atoms with Crippen molar-refractivity contribution in [3.05, 3.63) is 23.7 Å². The molecule has 18 heavy (non-hydrogen) atoms. The molecule has 0 aliphatic heterocycles. The summed E-state index contributed by atoms with van der Waals surface area (Å²) in [5.41, 5.74) is 1.82. The van der Waals surface area contributed by atoms with Crippen LogP contribution in [0, 0.1) is 0 Å². The Morgan fingerprint density at radius 2 is 1.94 bits per heavy atom. The quantitative estimate of drug-likeness (QED) is 0.814. The molecule has 0 fully saturated rings. The number of hydrogen-bond acceptors (Lipinski definition) is 3. The fourth-order valence-electron chi connectivity index (χ4n) is 1.44. The minimum Gasteiger partial charge on any atom is -0.472 e. The summed E-state index contributed by atoms with van der Waals surface area (Å²) in [5.74, 6) is 0. The van der Waals surface area contributed by atoms with Crippen molar-refractivity contribution >= 4 is 8.32 Å². The van der Waals surface area contributed by atoms with Gasteiger partial charge in [0.1, 0.15) is 0 Å². The zero-order valence-corrected chi connectivity index (χ0v) is 13.4. The first-order chi connectivity index (χ1) is 8.19. The molecule has 1 rings (SSSR count). The van der Waals surface area contributed by atoms with E-state index in [-0.39, 0.29) is 5.04 Å². The van der Waals surface area contributed by atoms with Crippen LogP contribution in [0.15, 0.2) is 16.9 Å². The van der Waals surface area contributed by atoms with E-state index in [2.05, 4.69) is 33.9 Å². The van der Waals surface area contributed by atoms with E-state index < -0.39 is 14.4 Å². The number of hydrogen-bond donors (Lipinski definition) is 1. The molecule has 0 aliphatic rings. The Kier molecular flexibility index (Phi) is 4.81. The molecule has 1 heterocycles. The third-order valence-corrected chi connectivity index (χ3v) is 8.39. The molecule has 4 heteroatoms. The van der Waals surface area contributed by atoms with E-state index in [0.29, 0.717) is 13.0 Å². The topological polar surface area (TPSA) is 42.6 Å². The Bertz CT molecular complexity index is 377. The molecule has 0 aromatic carbocycles. The maximum Gasteiger partial charge on any atom is 0.192 e. The molecular weight excluding hydrogens is 244 g/mol. The molecule has 1 N–H and O–H groups in total. The second-order valence-corrected chi connectivity index (χ2v) is 11.1. The summed E-state index contributed by atoms with van der Waals surface area (Å²) in [4.78, 5) is 0. The standard InChI is InChI=1S/C14H26O3Si/c1-7-13(15)12-10-16-8-11(12)9-17-18(5,6)14(2,3)4/h8,10,13,15H,7,9H2,1-6H3. The average molecular weight is 270 g/mol. The lowest BCUT2D eigenvalue weighted by molar-refractivity contribution is 0.169. The molecule has 104 valence electrons. The highest BCUT2D eigenvalue weighted by Crippen LogP contribution is 2.37. The SMILES string of the molecule is CCC(O)c1cocc1CO[Si](C)(C)C(C)(C)C. The number of rotatable bonds is 5. The van der Waals surface area contributed by atoms with Gasteiger partial charge < -0.3 is 13.9 Å². The fourth-order valence-corrected chi connectivity index (χ4v) is 2.39. The predicted molar refractivity (Wildman–Crippen MR) is 75.9 cm³/mol. The minimum absolute atomic E-state index is 0.195. The molecular formula is C14H26O3Si. The van der Waals surface area contributed by atoms with E-state index in [0.717, 1.165) is 11.1 Å². The van der Waals surface area contributed by atoms with Crippen LogP contribution in [0.25, 0.3) is 0 Å². The first-order valence-electron chi connectivity index (χ1n) is 6.56. The largest absolute Gasteiger partial charge is 0.472 e. The summed E-state index contributed by atoms with van der Waals surface area (Å²) in [7, 11) is -1.75. The fraction of sp³-hybridized carbons (Fsp3) is 0.714. The van der Waals surface area contributed by atoms with E-state index in [9.17, 15) is 5.11 Å². The molecule has 0 aliphatic carbocycles. The summed E-state index contributed by atoms with van der Waals surface area (Å²) in [6, 6.07) is 0. The lowest BCUT2D eigenvalue weighted by Crippen LogP contribution is -2.40. The average Bonchev–Trinajstić information content (AvgIpc) is 2.72. The normalized spacial score (nSPS) is 14.8. The van der Waals surface area contributed by atoms with Crippen LogP contribution < -0.4 is 0 Å². The number of furan rings is 1. The van der Waals surface area contributed by atoms with Crippen molar-refractivity contribution in [2.45, 2.75) is 65.0 Å². The van der Waals surface area contributed by atoms with E-state index in [1.54, 1.807) is 12.5 Å². The van der Waals surface area contributed by atoms with Gasteiger partial charge in [-0.3, -0.25) is 0 Å². The van der Waals surface area contributed by atoms with Crippen LogP contribution >= 0.6 is 0 Å². The molecule has 0 saturated carbocycles. The van der Waals surface area contributed by atoms with E-state index >= 15 is 0 Å². The molecule has 3 nitrogen and oxygen atoms in total. The maximum atomic E-state index is 9.88. The van der Waals surface area contributed by atoms with E-state index in [1.807, 2.05) is 6.92 Å². The summed E-state index contributed by atoms with van der Waals surface area (Å²) in [6.07, 6.45) is 3.54. The van der Waals surface area contributed by atoms with Gasteiger partial charge in [-0.15, -0.1) is 0 Å². The van der Waals surface area contributed by atoms with Crippen molar-refractivity contribution in [1.29, 1.82) is 0 Å². The monoisotopic (exact) mass is 270 g/mol. The highest BCUT2D eigenvalue weighted by atomic mass is 28.4. The third-order valence-electron chi connectivity index (χ3n) is 3.92. The molecule has 1 aromatic rings. The zero-order valence-electron chi connectivity index (χ0n) is 12.4. The summed E-state index contributed by atoms with van der Waals surface area (Å²) in [5, 5.41) is 10.1. The molecule has 1 unspecified atom stereocenters. The molecule has 1 atom stereocenters. The van der Waals surface area contributed by atoms with Crippen molar-refractivity contribution < 1.29 is 13.9 Å². The Morgan fingerprint density at radius 1 is 1.33 bits per heavy atom. The molecule has 1 aromatic heterocycles. The van der Waals surface area contributed by atoms with Gasteiger partial charge in [-0.05, 0) is 24.6 Å². The zero-order chi connectivity index (χ0) is 14.0. The second-order valence-electron chi connectivity index (χ2n) is 6.33. The van der Waals surface area contributed by atoms with Gasteiger partial charge in [0, 0.05) is 11.1 Å². The lowest BCUT2D eigenvalue weighted by Gasteiger charge is -2.36.